The summed E-state index contributed by atoms with van der Waals surface area (Å²) in [5, 5.41) is 11.4. The zero-order valence-electron chi connectivity index (χ0n) is 18.8. The number of nitrogens with zero attached hydrogens (tertiary/aromatic N) is 2. The van der Waals surface area contributed by atoms with Crippen LogP contribution in [0.25, 0.3) is 16.9 Å². The van der Waals surface area contributed by atoms with Crippen molar-refractivity contribution in [1.82, 2.24) is 9.78 Å². The monoisotopic (exact) mass is 444 g/mol. The van der Waals surface area contributed by atoms with Crippen LogP contribution in [-0.2, 0) is 0 Å². The fourth-order valence-corrected chi connectivity index (χ4v) is 3.72. The molecule has 166 valence electrons. The Morgan fingerprint density at radius 1 is 0.735 bits per heavy atom. The molecule has 5 heteroatoms. The van der Waals surface area contributed by atoms with Crippen LogP contribution in [-0.4, -0.2) is 15.7 Å². The first-order chi connectivity index (χ1) is 16.7. The minimum absolute atomic E-state index is 0.157. The summed E-state index contributed by atoms with van der Waals surface area (Å²) in [6.45, 7) is 2.00. The Morgan fingerprint density at radius 2 is 1.35 bits per heavy atom. The molecular formula is C29H24N4O. The molecule has 1 aromatic heterocycles. The third kappa shape index (κ3) is 4.59. The number of para-hydroxylation sites is 3. The Hall–Kier alpha value is -4.64. The van der Waals surface area contributed by atoms with Crippen molar-refractivity contribution < 1.29 is 4.79 Å². The van der Waals surface area contributed by atoms with Gasteiger partial charge < -0.3 is 10.6 Å². The Morgan fingerprint density at radius 3 is 2.06 bits per heavy atom. The van der Waals surface area contributed by atoms with Crippen LogP contribution in [0.15, 0.2) is 115 Å². The van der Waals surface area contributed by atoms with Crippen LogP contribution in [0.5, 0.6) is 0 Å². The fourth-order valence-electron chi connectivity index (χ4n) is 3.72. The van der Waals surface area contributed by atoms with E-state index in [-0.39, 0.29) is 5.91 Å². The van der Waals surface area contributed by atoms with Gasteiger partial charge in [0, 0.05) is 17.2 Å². The molecule has 5 rings (SSSR count). The molecule has 5 nitrogen and oxygen atoms in total. The number of hydrogen-bond acceptors (Lipinski definition) is 3. The van der Waals surface area contributed by atoms with Crippen molar-refractivity contribution in [2.24, 2.45) is 0 Å². The van der Waals surface area contributed by atoms with Crippen molar-refractivity contribution in [2.75, 3.05) is 10.6 Å². The average molecular weight is 445 g/mol. The molecule has 0 aliphatic heterocycles. The lowest BCUT2D eigenvalue weighted by Crippen LogP contribution is -2.13. The first-order valence-corrected chi connectivity index (χ1v) is 11.1. The van der Waals surface area contributed by atoms with E-state index in [2.05, 4.69) is 10.6 Å². The standard InChI is InChI=1S/C29H24N4O/c1-21-16-18-23(19-17-21)29(34)31-26-15-9-8-14-25(26)30-28-20-27(22-10-4-2-5-11-22)32-33(28)24-12-6-3-7-13-24/h2-20,30H,1H3,(H,31,34). The second kappa shape index (κ2) is 9.46. The summed E-state index contributed by atoms with van der Waals surface area (Å²) in [6, 6.07) is 37.2. The summed E-state index contributed by atoms with van der Waals surface area (Å²) in [6.07, 6.45) is 0. The van der Waals surface area contributed by atoms with E-state index in [1.54, 1.807) is 0 Å². The van der Waals surface area contributed by atoms with Gasteiger partial charge in [-0.2, -0.15) is 5.10 Å². The lowest BCUT2D eigenvalue weighted by Gasteiger charge is -2.14. The zero-order valence-corrected chi connectivity index (χ0v) is 18.8. The number of carbonyl (C=O) groups excluding carboxylic acids is 1. The molecule has 4 aromatic carbocycles. The maximum absolute atomic E-state index is 12.9. The molecule has 0 saturated heterocycles. The van der Waals surface area contributed by atoms with Crippen molar-refractivity contribution in [3.05, 3.63) is 126 Å². The van der Waals surface area contributed by atoms with Gasteiger partial charge in [-0.15, -0.1) is 0 Å². The van der Waals surface area contributed by atoms with Gasteiger partial charge in [0.15, 0.2) is 0 Å². The summed E-state index contributed by atoms with van der Waals surface area (Å²) in [7, 11) is 0. The number of hydrogen-bond donors (Lipinski definition) is 2. The highest BCUT2D eigenvalue weighted by Crippen LogP contribution is 2.30. The van der Waals surface area contributed by atoms with Gasteiger partial charge in [-0.25, -0.2) is 4.68 Å². The third-order valence-electron chi connectivity index (χ3n) is 5.53. The highest BCUT2D eigenvalue weighted by molar-refractivity contribution is 6.06. The Kier molecular flexibility index (Phi) is 5.91. The number of aromatic nitrogens is 2. The highest BCUT2D eigenvalue weighted by atomic mass is 16.1. The molecule has 34 heavy (non-hydrogen) atoms. The lowest BCUT2D eigenvalue weighted by molar-refractivity contribution is 0.102. The maximum Gasteiger partial charge on any atom is 0.255 e. The zero-order chi connectivity index (χ0) is 23.3. The molecule has 5 aromatic rings. The van der Waals surface area contributed by atoms with Gasteiger partial charge in [0.1, 0.15) is 5.82 Å². The van der Waals surface area contributed by atoms with E-state index in [9.17, 15) is 4.79 Å². The van der Waals surface area contributed by atoms with E-state index in [4.69, 9.17) is 5.10 Å². The van der Waals surface area contributed by atoms with Crippen molar-refractivity contribution in [3.63, 3.8) is 0 Å². The average Bonchev–Trinajstić information content (AvgIpc) is 3.30. The Bertz CT molecular complexity index is 1410. The normalized spacial score (nSPS) is 10.6. The molecule has 0 spiro atoms. The van der Waals surface area contributed by atoms with Crippen LogP contribution >= 0.6 is 0 Å². The molecule has 0 aliphatic carbocycles. The van der Waals surface area contributed by atoms with Gasteiger partial charge in [0.2, 0.25) is 0 Å². The van der Waals surface area contributed by atoms with Crippen LogP contribution in [0, 0.1) is 6.92 Å². The van der Waals surface area contributed by atoms with Crippen LogP contribution in [0.2, 0.25) is 0 Å². The topological polar surface area (TPSA) is 59.0 Å². The van der Waals surface area contributed by atoms with Crippen LogP contribution in [0.4, 0.5) is 17.2 Å². The van der Waals surface area contributed by atoms with E-state index in [0.29, 0.717) is 11.3 Å². The van der Waals surface area contributed by atoms with Crippen LogP contribution in [0.3, 0.4) is 0 Å². The van der Waals surface area contributed by atoms with Gasteiger partial charge in [-0.1, -0.05) is 78.4 Å². The number of anilines is 3. The largest absolute Gasteiger partial charge is 0.338 e. The number of amides is 1. The van der Waals surface area contributed by atoms with Gasteiger partial charge in [-0.05, 0) is 43.3 Å². The molecule has 0 atom stereocenters. The molecule has 0 aliphatic rings. The van der Waals surface area contributed by atoms with Gasteiger partial charge in [0.05, 0.1) is 22.8 Å². The van der Waals surface area contributed by atoms with Gasteiger partial charge in [0.25, 0.3) is 5.91 Å². The second-order valence-corrected chi connectivity index (χ2v) is 8.02. The van der Waals surface area contributed by atoms with Crippen molar-refractivity contribution >= 4 is 23.1 Å². The van der Waals surface area contributed by atoms with E-state index in [1.807, 2.05) is 127 Å². The number of rotatable bonds is 6. The lowest BCUT2D eigenvalue weighted by atomic mass is 10.1. The van der Waals surface area contributed by atoms with E-state index >= 15 is 0 Å². The number of carbonyl (C=O) groups is 1. The van der Waals surface area contributed by atoms with Crippen LogP contribution < -0.4 is 10.6 Å². The summed E-state index contributed by atoms with van der Waals surface area (Å²) < 4.78 is 1.88. The first kappa shape index (κ1) is 21.2. The first-order valence-electron chi connectivity index (χ1n) is 11.1. The van der Waals surface area contributed by atoms with Crippen molar-refractivity contribution in [1.29, 1.82) is 0 Å². The molecule has 1 amide bonds. The van der Waals surface area contributed by atoms with Crippen molar-refractivity contribution in [2.45, 2.75) is 6.92 Å². The van der Waals surface area contributed by atoms with Gasteiger partial charge >= 0.3 is 0 Å². The summed E-state index contributed by atoms with van der Waals surface area (Å²) in [4.78, 5) is 12.9. The van der Waals surface area contributed by atoms with E-state index in [1.165, 1.54) is 0 Å². The second-order valence-electron chi connectivity index (χ2n) is 8.02. The molecular weight excluding hydrogens is 420 g/mol. The number of nitrogens with one attached hydrogen (secondary N) is 2. The third-order valence-corrected chi connectivity index (χ3v) is 5.53. The summed E-state index contributed by atoms with van der Waals surface area (Å²) in [5.41, 5.74) is 6.01. The fraction of sp³-hybridized carbons (Fsp3) is 0.0345. The predicted octanol–water partition coefficient (Wildman–Crippen LogP) is 6.84. The van der Waals surface area contributed by atoms with Crippen molar-refractivity contribution in [3.8, 4) is 16.9 Å². The minimum atomic E-state index is -0.157. The van der Waals surface area contributed by atoms with E-state index < -0.39 is 0 Å². The number of aryl methyl sites for hydroxylation is 1. The maximum atomic E-state index is 12.9. The Balaban J connectivity index is 1.49. The molecule has 0 unspecified atom stereocenters. The molecule has 1 heterocycles. The quantitative estimate of drug-likeness (QED) is 0.301. The molecule has 0 fully saturated rings. The molecule has 0 radical (unpaired) electrons. The molecule has 2 N–H and O–H groups in total. The highest BCUT2D eigenvalue weighted by Gasteiger charge is 2.14. The Labute approximate surface area is 198 Å². The number of benzene rings is 4. The van der Waals surface area contributed by atoms with Gasteiger partial charge in [-0.3, -0.25) is 4.79 Å². The SMILES string of the molecule is Cc1ccc(C(=O)Nc2ccccc2Nc2cc(-c3ccccc3)nn2-c2ccccc2)cc1. The van der Waals surface area contributed by atoms with E-state index in [0.717, 1.165) is 34.0 Å². The predicted molar refractivity (Wildman–Crippen MR) is 138 cm³/mol. The smallest absolute Gasteiger partial charge is 0.255 e. The van der Waals surface area contributed by atoms with Crippen LogP contribution in [0.1, 0.15) is 15.9 Å². The minimum Gasteiger partial charge on any atom is -0.338 e. The molecule has 0 bridgehead atoms. The summed E-state index contributed by atoms with van der Waals surface area (Å²) in [5.74, 6) is 0.637. The molecule has 0 saturated carbocycles. The summed E-state index contributed by atoms with van der Waals surface area (Å²) >= 11 is 0.